The van der Waals surface area contributed by atoms with Gasteiger partial charge in [-0.3, -0.25) is 0 Å². The maximum Gasteiger partial charge on any atom is 0.407 e. The molecule has 0 spiro atoms. The van der Waals surface area contributed by atoms with E-state index in [-0.39, 0.29) is 6.04 Å². The molecule has 1 heterocycles. The highest BCUT2D eigenvalue weighted by atomic mass is 16.6. The molecule has 0 aliphatic heterocycles. The van der Waals surface area contributed by atoms with E-state index in [1.807, 2.05) is 26.8 Å². The second-order valence-electron chi connectivity index (χ2n) is 4.91. The molecule has 1 atom stereocenters. The fourth-order valence-corrected chi connectivity index (χ4v) is 1.36. The molecule has 1 unspecified atom stereocenters. The number of carbonyl (C=O) groups excluding carboxylic acids is 1. The van der Waals surface area contributed by atoms with Crippen LogP contribution in [-0.4, -0.2) is 24.3 Å². The molecule has 0 aliphatic rings. The Kier molecular flexibility index (Phi) is 4.57. The number of rotatable bonds is 4. The van der Waals surface area contributed by atoms with Crippen LogP contribution in [0.25, 0.3) is 0 Å². The van der Waals surface area contributed by atoms with Crippen LogP contribution >= 0.6 is 0 Å². The van der Waals surface area contributed by atoms with Gasteiger partial charge in [-0.05, 0) is 38.8 Å². The van der Waals surface area contributed by atoms with Crippen molar-refractivity contribution < 1.29 is 13.9 Å². The number of nitrogens with one attached hydrogen (secondary N) is 1. The third kappa shape index (κ3) is 5.40. The molecular formula is C12H20N2O3. The summed E-state index contributed by atoms with van der Waals surface area (Å²) >= 11 is 0. The summed E-state index contributed by atoms with van der Waals surface area (Å²) in [4.78, 5) is 11.5. The van der Waals surface area contributed by atoms with Crippen molar-refractivity contribution in [3.8, 4) is 0 Å². The third-order valence-electron chi connectivity index (χ3n) is 2.07. The first-order valence-corrected chi connectivity index (χ1v) is 5.61. The zero-order chi connectivity index (χ0) is 12.9. The Hall–Kier alpha value is -1.49. The lowest BCUT2D eigenvalue weighted by molar-refractivity contribution is 0.0506. The lowest BCUT2D eigenvalue weighted by atomic mass is 10.1. The van der Waals surface area contributed by atoms with E-state index in [2.05, 4.69) is 5.32 Å². The zero-order valence-electron chi connectivity index (χ0n) is 10.5. The summed E-state index contributed by atoms with van der Waals surface area (Å²) in [6.45, 7) is 5.81. The number of amides is 1. The van der Waals surface area contributed by atoms with E-state index in [1.165, 1.54) is 0 Å². The van der Waals surface area contributed by atoms with Crippen molar-refractivity contribution in [3.05, 3.63) is 24.2 Å². The molecule has 5 heteroatoms. The molecule has 1 amide bonds. The quantitative estimate of drug-likeness (QED) is 0.839. The Morgan fingerprint density at radius 2 is 2.29 bits per heavy atom. The number of nitrogens with two attached hydrogens (primary N) is 1. The molecule has 0 radical (unpaired) electrons. The molecule has 0 aliphatic carbocycles. The highest BCUT2D eigenvalue weighted by Gasteiger charge is 2.19. The number of alkyl carbamates (subject to hydrolysis) is 1. The van der Waals surface area contributed by atoms with Crippen molar-refractivity contribution in [1.82, 2.24) is 5.32 Å². The summed E-state index contributed by atoms with van der Waals surface area (Å²) in [5, 5.41) is 2.73. The standard InChI is InChI=1S/C12H20N2O3/c1-12(2,3)17-11(15)14-10(7-13)6-9-4-5-16-8-9/h4-5,8,10H,6-7,13H2,1-3H3,(H,14,15). The lowest BCUT2D eigenvalue weighted by Gasteiger charge is -2.22. The van der Waals surface area contributed by atoms with Gasteiger partial charge in [0.15, 0.2) is 0 Å². The highest BCUT2D eigenvalue weighted by molar-refractivity contribution is 5.68. The van der Waals surface area contributed by atoms with E-state index in [0.29, 0.717) is 13.0 Å². The first-order chi connectivity index (χ1) is 7.90. The Morgan fingerprint density at radius 3 is 2.76 bits per heavy atom. The number of carbonyl (C=O) groups is 1. The van der Waals surface area contributed by atoms with Gasteiger partial charge in [0.05, 0.1) is 12.5 Å². The van der Waals surface area contributed by atoms with Crippen molar-refractivity contribution in [1.29, 1.82) is 0 Å². The van der Waals surface area contributed by atoms with Crippen LogP contribution in [0.5, 0.6) is 0 Å². The Labute approximate surface area is 101 Å². The van der Waals surface area contributed by atoms with Gasteiger partial charge < -0.3 is 20.2 Å². The summed E-state index contributed by atoms with van der Waals surface area (Å²) in [6.07, 6.45) is 3.42. The van der Waals surface area contributed by atoms with E-state index in [4.69, 9.17) is 14.9 Å². The monoisotopic (exact) mass is 240 g/mol. The van der Waals surface area contributed by atoms with Crippen molar-refractivity contribution in [2.45, 2.75) is 38.8 Å². The molecule has 0 bridgehead atoms. The van der Waals surface area contributed by atoms with Crippen LogP contribution in [0.2, 0.25) is 0 Å². The van der Waals surface area contributed by atoms with Crippen LogP contribution in [-0.2, 0) is 11.2 Å². The number of ether oxygens (including phenoxy) is 1. The van der Waals surface area contributed by atoms with E-state index < -0.39 is 11.7 Å². The molecule has 17 heavy (non-hydrogen) atoms. The minimum atomic E-state index is -0.501. The molecule has 96 valence electrons. The topological polar surface area (TPSA) is 77.5 Å². The largest absolute Gasteiger partial charge is 0.472 e. The first-order valence-electron chi connectivity index (χ1n) is 5.61. The minimum absolute atomic E-state index is 0.151. The van der Waals surface area contributed by atoms with Crippen molar-refractivity contribution in [2.75, 3.05) is 6.54 Å². The molecule has 1 aromatic heterocycles. The normalized spacial score (nSPS) is 13.2. The number of hydrogen-bond acceptors (Lipinski definition) is 4. The summed E-state index contributed by atoms with van der Waals surface area (Å²) in [5.41, 5.74) is 6.10. The fourth-order valence-electron chi connectivity index (χ4n) is 1.36. The smallest absolute Gasteiger partial charge is 0.407 e. The fraction of sp³-hybridized carbons (Fsp3) is 0.583. The van der Waals surface area contributed by atoms with Crippen LogP contribution in [0.4, 0.5) is 4.79 Å². The second-order valence-corrected chi connectivity index (χ2v) is 4.91. The number of furan rings is 1. The molecule has 3 N–H and O–H groups in total. The van der Waals surface area contributed by atoms with Crippen molar-refractivity contribution in [2.24, 2.45) is 5.73 Å². The predicted octanol–water partition coefficient (Wildman–Crippen LogP) is 1.67. The van der Waals surface area contributed by atoms with Gasteiger partial charge in [0.1, 0.15) is 5.60 Å². The molecule has 0 fully saturated rings. The van der Waals surface area contributed by atoms with E-state index in [0.717, 1.165) is 5.56 Å². The van der Waals surface area contributed by atoms with E-state index in [1.54, 1.807) is 12.5 Å². The average molecular weight is 240 g/mol. The van der Waals surface area contributed by atoms with Crippen molar-refractivity contribution in [3.63, 3.8) is 0 Å². The minimum Gasteiger partial charge on any atom is -0.472 e. The van der Waals surface area contributed by atoms with Gasteiger partial charge in [0, 0.05) is 12.6 Å². The highest BCUT2D eigenvalue weighted by Crippen LogP contribution is 2.08. The van der Waals surface area contributed by atoms with Gasteiger partial charge in [-0.25, -0.2) is 4.79 Å². The molecule has 0 saturated carbocycles. The molecule has 0 saturated heterocycles. The third-order valence-corrected chi connectivity index (χ3v) is 2.07. The SMILES string of the molecule is CC(C)(C)OC(=O)NC(CN)Cc1ccoc1. The Balaban J connectivity index is 2.44. The van der Waals surface area contributed by atoms with E-state index >= 15 is 0 Å². The predicted molar refractivity (Wildman–Crippen MR) is 64.6 cm³/mol. The zero-order valence-corrected chi connectivity index (χ0v) is 10.5. The van der Waals surface area contributed by atoms with Crippen LogP contribution in [0, 0.1) is 0 Å². The van der Waals surface area contributed by atoms with Gasteiger partial charge in [-0.1, -0.05) is 0 Å². The summed E-state index contributed by atoms with van der Waals surface area (Å²) < 4.78 is 10.1. The number of hydrogen-bond donors (Lipinski definition) is 2. The maximum atomic E-state index is 11.5. The molecule has 1 rings (SSSR count). The van der Waals surface area contributed by atoms with Gasteiger partial charge in [0.2, 0.25) is 0 Å². The lowest BCUT2D eigenvalue weighted by Crippen LogP contribution is -2.44. The van der Waals surface area contributed by atoms with Crippen molar-refractivity contribution >= 4 is 6.09 Å². The van der Waals surface area contributed by atoms with Crippen LogP contribution < -0.4 is 11.1 Å². The van der Waals surface area contributed by atoms with Gasteiger partial charge in [0.25, 0.3) is 0 Å². The maximum absolute atomic E-state index is 11.5. The van der Waals surface area contributed by atoms with Gasteiger partial charge >= 0.3 is 6.09 Å². The summed E-state index contributed by atoms with van der Waals surface area (Å²) in [7, 11) is 0. The van der Waals surface area contributed by atoms with Crippen LogP contribution in [0.1, 0.15) is 26.3 Å². The van der Waals surface area contributed by atoms with Gasteiger partial charge in [-0.15, -0.1) is 0 Å². The summed E-state index contributed by atoms with van der Waals surface area (Å²) in [5.74, 6) is 0. The molecule has 5 nitrogen and oxygen atoms in total. The molecular weight excluding hydrogens is 220 g/mol. The van der Waals surface area contributed by atoms with E-state index in [9.17, 15) is 4.79 Å². The average Bonchev–Trinajstić information content (AvgIpc) is 2.66. The Morgan fingerprint density at radius 1 is 1.59 bits per heavy atom. The van der Waals surface area contributed by atoms with Crippen LogP contribution in [0.3, 0.4) is 0 Å². The van der Waals surface area contributed by atoms with Crippen LogP contribution in [0.15, 0.2) is 23.0 Å². The van der Waals surface area contributed by atoms with Gasteiger partial charge in [-0.2, -0.15) is 0 Å². The first kappa shape index (κ1) is 13.6. The molecule has 1 aromatic rings. The summed E-state index contributed by atoms with van der Waals surface area (Å²) in [6, 6.07) is 1.70. The second kappa shape index (κ2) is 5.72. The Bertz CT molecular complexity index is 341. The molecule has 0 aromatic carbocycles.